The summed E-state index contributed by atoms with van der Waals surface area (Å²) >= 11 is 0. The van der Waals surface area contributed by atoms with E-state index in [1.807, 2.05) is 25.1 Å². The number of rotatable bonds is 3. The number of nitrogens with zero attached hydrogens (tertiary/aromatic N) is 1. The van der Waals surface area contributed by atoms with Crippen LogP contribution in [0.5, 0.6) is 0 Å². The number of fused-ring (bicyclic) bond motifs is 1. The molecule has 0 fully saturated rings. The zero-order chi connectivity index (χ0) is 16.4. The number of amides is 1. The van der Waals surface area contributed by atoms with Gasteiger partial charge in [-0.1, -0.05) is 31.2 Å². The molecule has 3 nitrogen and oxygen atoms in total. The third kappa shape index (κ3) is 3.16. The first-order chi connectivity index (χ1) is 11.1. The fourth-order valence-corrected chi connectivity index (χ4v) is 2.97. The molecule has 0 saturated heterocycles. The lowest BCUT2D eigenvalue weighted by atomic mass is 9.96. The second-order valence-corrected chi connectivity index (χ2v) is 5.91. The first-order valence-electron chi connectivity index (χ1n) is 7.74. The number of Topliss-reactive ketones (excluding diaryl/α,β-unsaturated/α-hetero) is 1. The van der Waals surface area contributed by atoms with Crippen molar-refractivity contribution in [1.29, 1.82) is 0 Å². The van der Waals surface area contributed by atoms with Gasteiger partial charge in [0.1, 0.15) is 5.82 Å². The highest BCUT2D eigenvalue weighted by molar-refractivity contribution is 6.09. The van der Waals surface area contributed by atoms with E-state index in [0.717, 1.165) is 5.56 Å². The maximum atomic E-state index is 13.0. The fraction of sp³-hybridized carbons (Fsp3) is 0.263. The first-order valence-corrected chi connectivity index (χ1v) is 7.74. The van der Waals surface area contributed by atoms with Gasteiger partial charge in [0.25, 0.3) is 0 Å². The molecule has 1 amide bonds. The number of hydrogen-bond acceptors (Lipinski definition) is 2. The maximum Gasteiger partial charge on any atom is 0.230 e. The minimum absolute atomic E-state index is 0.00530. The van der Waals surface area contributed by atoms with Crippen LogP contribution in [-0.2, 0) is 11.2 Å². The topological polar surface area (TPSA) is 37.4 Å². The Morgan fingerprint density at radius 2 is 1.87 bits per heavy atom. The van der Waals surface area contributed by atoms with Crippen LogP contribution in [0.4, 0.5) is 10.1 Å². The molecule has 1 heterocycles. The fourth-order valence-electron chi connectivity index (χ4n) is 2.97. The molecule has 2 aromatic carbocycles. The van der Waals surface area contributed by atoms with E-state index in [4.69, 9.17) is 0 Å². The third-order valence-electron chi connectivity index (χ3n) is 4.20. The molecule has 0 aliphatic carbocycles. The van der Waals surface area contributed by atoms with Crippen molar-refractivity contribution >= 4 is 17.4 Å². The van der Waals surface area contributed by atoms with Crippen molar-refractivity contribution in [2.24, 2.45) is 5.92 Å². The Balaban J connectivity index is 1.79. The number of benzene rings is 2. The minimum atomic E-state index is -0.281. The van der Waals surface area contributed by atoms with Gasteiger partial charge in [0, 0.05) is 24.4 Å². The molecule has 1 atom stereocenters. The van der Waals surface area contributed by atoms with Crippen LogP contribution >= 0.6 is 0 Å². The molecule has 0 aromatic heterocycles. The number of anilines is 1. The number of hydrogen-bond donors (Lipinski definition) is 0. The number of para-hydroxylation sites is 1. The van der Waals surface area contributed by atoms with Gasteiger partial charge < -0.3 is 4.90 Å². The normalized spacial score (nSPS) is 15.2. The predicted molar refractivity (Wildman–Crippen MR) is 87.0 cm³/mol. The number of carbonyl (C=O) groups is 2. The van der Waals surface area contributed by atoms with Crippen molar-refractivity contribution in [3.63, 3.8) is 0 Å². The van der Waals surface area contributed by atoms with E-state index in [0.29, 0.717) is 30.6 Å². The number of halogens is 1. The highest BCUT2D eigenvalue weighted by atomic mass is 19.1. The molecular weight excluding hydrogens is 293 g/mol. The Bertz CT molecular complexity index is 739. The standard InChI is InChI=1S/C19H18FNO2/c1-13(12-14-6-8-15(20)9-7-14)19(23)21-11-10-18(22)16-4-2-3-5-17(16)21/h2-9,13H,10-12H2,1H3. The molecule has 0 N–H and O–H groups in total. The van der Waals surface area contributed by atoms with E-state index in [2.05, 4.69) is 0 Å². The summed E-state index contributed by atoms with van der Waals surface area (Å²) in [6, 6.07) is 13.4. The second-order valence-electron chi connectivity index (χ2n) is 5.91. The Kier molecular flexibility index (Phi) is 4.24. The van der Waals surface area contributed by atoms with Crippen LogP contribution in [-0.4, -0.2) is 18.2 Å². The molecule has 23 heavy (non-hydrogen) atoms. The van der Waals surface area contributed by atoms with Crippen molar-refractivity contribution in [3.8, 4) is 0 Å². The average Bonchev–Trinajstić information content (AvgIpc) is 2.57. The van der Waals surface area contributed by atoms with Crippen molar-refractivity contribution in [1.82, 2.24) is 0 Å². The van der Waals surface area contributed by atoms with Crippen LogP contribution in [0, 0.1) is 11.7 Å². The van der Waals surface area contributed by atoms with E-state index < -0.39 is 0 Å². The molecule has 0 saturated carbocycles. The summed E-state index contributed by atoms with van der Waals surface area (Å²) in [6.07, 6.45) is 0.901. The molecule has 0 radical (unpaired) electrons. The predicted octanol–water partition coefficient (Wildman–Crippen LogP) is 3.62. The Labute approximate surface area is 134 Å². The first kappa shape index (κ1) is 15.4. The van der Waals surface area contributed by atoms with Gasteiger partial charge in [0.2, 0.25) is 5.91 Å². The van der Waals surface area contributed by atoms with Crippen molar-refractivity contribution in [3.05, 3.63) is 65.5 Å². The highest BCUT2D eigenvalue weighted by Crippen LogP contribution is 2.28. The summed E-state index contributed by atoms with van der Waals surface area (Å²) in [5, 5.41) is 0. The van der Waals surface area contributed by atoms with Gasteiger partial charge in [-0.25, -0.2) is 4.39 Å². The van der Waals surface area contributed by atoms with E-state index in [1.54, 1.807) is 23.1 Å². The quantitative estimate of drug-likeness (QED) is 0.868. The number of ketones is 1. The van der Waals surface area contributed by atoms with Gasteiger partial charge in [-0.05, 0) is 36.2 Å². The van der Waals surface area contributed by atoms with Crippen LogP contribution in [0.15, 0.2) is 48.5 Å². The molecule has 1 unspecified atom stereocenters. The third-order valence-corrected chi connectivity index (χ3v) is 4.20. The van der Waals surface area contributed by atoms with Crippen LogP contribution in [0.1, 0.15) is 29.3 Å². The monoisotopic (exact) mass is 311 g/mol. The van der Waals surface area contributed by atoms with E-state index >= 15 is 0 Å². The summed E-state index contributed by atoms with van der Waals surface area (Å²) < 4.78 is 13.0. The summed E-state index contributed by atoms with van der Waals surface area (Å²) in [6.45, 7) is 2.28. The van der Waals surface area contributed by atoms with Crippen LogP contribution < -0.4 is 4.90 Å². The van der Waals surface area contributed by atoms with Crippen LogP contribution in [0.2, 0.25) is 0 Å². The van der Waals surface area contributed by atoms with E-state index in [1.165, 1.54) is 12.1 Å². The minimum Gasteiger partial charge on any atom is -0.311 e. The zero-order valence-corrected chi connectivity index (χ0v) is 13.0. The molecular formula is C19H18FNO2. The SMILES string of the molecule is CC(Cc1ccc(F)cc1)C(=O)N1CCC(=O)c2ccccc21. The maximum absolute atomic E-state index is 13.0. The van der Waals surface area contributed by atoms with Gasteiger partial charge in [-0.15, -0.1) is 0 Å². The summed E-state index contributed by atoms with van der Waals surface area (Å²) in [5.74, 6) is -0.442. The van der Waals surface area contributed by atoms with Crippen molar-refractivity contribution in [2.45, 2.75) is 19.8 Å². The Morgan fingerprint density at radius 3 is 2.61 bits per heavy atom. The Hall–Kier alpha value is -2.49. The average molecular weight is 311 g/mol. The van der Waals surface area contributed by atoms with Crippen molar-refractivity contribution in [2.75, 3.05) is 11.4 Å². The molecule has 1 aliphatic heterocycles. The van der Waals surface area contributed by atoms with Gasteiger partial charge >= 0.3 is 0 Å². The zero-order valence-electron chi connectivity index (χ0n) is 13.0. The lowest BCUT2D eigenvalue weighted by Crippen LogP contribution is -2.40. The van der Waals surface area contributed by atoms with Gasteiger partial charge in [0.15, 0.2) is 5.78 Å². The Morgan fingerprint density at radius 1 is 1.17 bits per heavy atom. The highest BCUT2D eigenvalue weighted by Gasteiger charge is 2.29. The van der Waals surface area contributed by atoms with Crippen molar-refractivity contribution < 1.29 is 14.0 Å². The van der Waals surface area contributed by atoms with E-state index in [9.17, 15) is 14.0 Å². The summed E-state index contributed by atoms with van der Waals surface area (Å²) in [5.41, 5.74) is 2.23. The lowest BCUT2D eigenvalue weighted by Gasteiger charge is -2.30. The molecule has 1 aliphatic rings. The second kappa shape index (κ2) is 6.32. The van der Waals surface area contributed by atoms with Gasteiger partial charge in [-0.2, -0.15) is 0 Å². The van der Waals surface area contributed by atoms with Gasteiger partial charge in [0.05, 0.1) is 5.69 Å². The van der Waals surface area contributed by atoms with Crippen LogP contribution in [0.25, 0.3) is 0 Å². The van der Waals surface area contributed by atoms with E-state index in [-0.39, 0.29) is 23.4 Å². The molecule has 2 aromatic rings. The molecule has 4 heteroatoms. The van der Waals surface area contributed by atoms with Gasteiger partial charge in [-0.3, -0.25) is 9.59 Å². The largest absolute Gasteiger partial charge is 0.311 e. The smallest absolute Gasteiger partial charge is 0.230 e. The lowest BCUT2D eigenvalue weighted by molar-refractivity contribution is -0.121. The summed E-state index contributed by atoms with van der Waals surface area (Å²) in [4.78, 5) is 26.5. The summed E-state index contributed by atoms with van der Waals surface area (Å²) in [7, 11) is 0. The molecule has 118 valence electrons. The molecule has 3 rings (SSSR count). The molecule has 0 bridgehead atoms. The molecule has 0 spiro atoms. The number of carbonyl (C=O) groups excluding carboxylic acids is 2. The van der Waals surface area contributed by atoms with Crippen LogP contribution in [0.3, 0.4) is 0 Å².